The molecule has 0 bridgehead atoms. The van der Waals surface area contributed by atoms with Gasteiger partial charge in [0, 0.05) is 6.61 Å². The van der Waals surface area contributed by atoms with Crippen molar-refractivity contribution >= 4 is 12.1 Å². The van der Waals surface area contributed by atoms with Gasteiger partial charge in [0.2, 0.25) is 0 Å². The lowest BCUT2D eigenvalue weighted by Crippen LogP contribution is -2.43. The Labute approximate surface area is 263 Å². The van der Waals surface area contributed by atoms with Crippen molar-refractivity contribution in [2.45, 2.75) is 162 Å². The molecule has 0 aromatic heterocycles. The molecule has 0 spiro atoms. The molecule has 7 heteroatoms. The van der Waals surface area contributed by atoms with Crippen LogP contribution in [-0.4, -0.2) is 49.6 Å². The van der Waals surface area contributed by atoms with Crippen LogP contribution in [0.2, 0.25) is 0 Å². The lowest BCUT2D eigenvalue weighted by atomic mass is 10.0. The minimum Gasteiger partial charge on any atom is -0.461 e. The zero-order valence-electron chi connectivity index (χ0n) is 28.1. The van der Waals surface area contributed by atoms with E-state index in [2.05, 4.69) is 12.2 Å². The summed E-state index contributed by atoms with van der Waals surface area (Å²) >= 11 is 0. The highest BCUT2D eigenvalue weighted by atomic mass is 16.6. The number of carbonyl (C=O) groups excluding carboxylic acids is 2. The van der Waals surface area contributed by atoms with E-state index in [1.165, 1.54) is 89.9 Å². The smallest absolute Gasteiger partial charge is 0.408 e. The predicted molar refractivity (Wildman–Crippen MR) is 175 cm³/mol. The Kier molecular flexibility index (Phi) is 22.8. The average Bonchev–Trinajstić information content (AvgIpc) is 2.96. The molecule has 1 amide bonds. The summed E-state index contributed by atoms with van der Waals surface area (Å²) in [6.45, 7) is 10.6. The second-order valence-electron chi connectivity index (χ2n) is 12.8. The van der Waals surface area contributed by atoms with E-state index >= 15 is 0 Å². The van der Waals surface area contributed by atoms with E-state index < -0.39 is 29.8 Å². The molecule has 1 aromatic rings. The highest BCUT2D eigenvalue weighted by Gasteiger charge is 2.23. The van der Waals surface area contributed by atoms with Crippen molar-refractivity contribution < 1.29 is 28.5 Å². The minimum atomic E-state index is -0.837. The van der Waals surface area contributed by atoms with Crippen LogP contribution >= 0.6 is 0 Å². The maximum absolute atomic E-state index is 12.5. The lowest BCUT2D eigenvalue weighted by molar-refractivity contribution is -0.152. The van der Waals surface area contributed by atoms with E-state index in [4.69, 9.17) is 18.9 Å². The van der Waals surface area contributed by atoms with E-state index in [0.717, 1.165) is 18.4 Å². The van der Waals surface area contributed by atoms with E-state index in [1.54, 1.807) is 27.7 Å². The van der Waals surface area contributed by atoms with Gasteiger partial charge in [0.1, 0.15) is 24.4 Å². The van der Waals surface area contributed by atoms with Gasteiger partial charge in [-0.15, -0.1) is 0 Å². The summed E-state index contributed by atoms with van der Waals surface area (Å²) in [6, 6.07) is 9.04. The first-order valence-electron chi connectivity index (χ1n) is 17.1. The standard InChI is InChI=1S/C36H63NO6/c1-6-7-8-9-10-11-12-13-14-15-16-17-18-19-20-24-27-40-29-33(41-28-32-25-22-21-23-26-32)30-42-34(38)31(2)37-35(39)43-36(3,4)5/h21-23,25-26,31,33H,6-20,24,27-30H2,1-5H3,(H,37,39)/t31-,33+/m0/s1. The monoisotopic (exact) mass is 605 g/mol. The molecule has 0 unspecified atom stereocenters. The minimum absolute atomic E-state index is 0.0466. The molecular formula is C36H63NO6. The molecule has 0 saturated heterocycles. The van der Waals surface area contributed by atoms with E-state index in [0.29, 0.717) is 19.8 Å². The molecule has 0 aliphatic carbocycles. The number of hydrogen-bond acceptors (Lipinski definition) is 6. The van der Waals surface area contributed by atoms with Gasteiger partial charge in [-0.2, -0.15) is 0 Å². The zero-order chi connectivity index (χ0) is 31.6. The van der Waals surface area contributed by atoms with E-state index in [-0.39, 0.29) is 6.61 Å². The Balaban J connectivity index is 2.18. The molecule has 248 valence electrons. The Bertz CT molecular complexity index is 810. The van der Waals surface area contributed by atoms with Crippen LogP contribution in [0.5, 0.6) is 0 Å². The number of amides is 1. The van der Waals surface area contributed by atoms with Crippen LogP contribution in [-0.2, 0) is 30.3 Å². The molecule has 2 atom stereocenters. The predicted octanol–water partition coefficient (Wildman–Crippen LogP) is 9.31. The lowest BCUT2D eigenvalue weighted by Gasteiger charge is -2.22. The fourth-order valence-corrected chi connectivity index (χ4v) is 4.74. The summed E-state index contributed by atoms with van der Waals surface area (Å²) in [4.78, 5) is 24.5. The molecular weight excluding hydrogens is 542 g/mol. The first-order chi connectivity index (χ1) is 20.7. The molecule has 0 saturated carbocycles. The van der Waals surface area contributed by atoms with Crippen molar-refractivity contribution in [2.24, 2.45) is 0 Å². The second-order valence-corrected chi connectivity index (χ2v) is 12.8. The summed E-state index contributed by atoms with van der Waals surface area (Å²) < 4.78 is 22.6. The van der Waals surface area contributed by atoms with Gasteiger partial charge in [0.15, 0.2) is 0 Å². The SMILES string of the molecule is CCCCCCCCCCCCCCCCCCOC[C@H](COC(=O)[C@H](C)NC(=O)OC(C)(C)C)OCc1ccccc1. The molecule has 0 fully saturated rings. The number of hydrogen-bond donors (Lipinski definition) is 1. The summed E-state index contributed by atoms with van der Waals surface area (Å²) in [5.41, 5.74) is 0.394. The highest BCUT2D eigenvalue weighted by Crippen LogP contribution is 2.14. The molecule has 1 aromatic carbocycles. The van der Waals surface area contributed by atoms with Gasteiger partial charge in [-0.05, 0) is 39.7 Å². The summed E-state index contributed by atoms with van der Waals surface area (Å²) in [6.07, 6.45) is 20.4. The zero-order valence-corrected chi connectivity index (χ0v) is 28.1. The van der Waals surface area contributed by atoms with Crippen LogP contribution in [0.1, 0.15) is 143 Å². The number of ether oxygens (including phenoxy) is 4. The van der Waals surface area contributed by atoms with Crippen molar-refractivity contribution in [3.63, 3.8) is 0 Å². The van der Waals surface area contributed by atoms with Crippen LogP contribution in [0.25, 0.3) is 0 Å². The third-order valence-electron chi connectivity index (χ3n) is 7.27. The second kappa shape index (κ2) is 25.2. The number of benzene rings is 1. The Morgan fingerprint density at radius 3 is 1.77 bits per heavy atom. The third kappa shape index (κ3) is 24.0. The Morgan fingerprint density at radius 2 is 1.26 bits per heavy atom. The molecule has 0 aliphatic heterocycles. The molecule has 1 N–H and O–H groups in total. The van der Waals surface area contributed by atoms with Gasteiger partial charge in [-0.1, -0.05) is 134 Å². The van der Waals surface area contributed by atoms with Gasteiger partial charge >= 0.3 is 12.1 Å². The van der Waals surface area contributed by atoms with E-state index in [9.17, 15) is 9.59 Å². The number of alkyl carbamates (subject to hydrolysis) is 1. The van der Waals surface area contributed by atoms with Gasteiger partial charge in [-0.3, -0.25) is 0 Å². The van der Waals surface area contributed by atoms with Crippen LogP contribution < -0.4 is 5.32 Å². The number of carbonyl (C=O) groups is 2. The largest absolute Gasteiger partial charge is 0.461 e. The quantitative estimate of drug-likeness (QED) is 0.0837. The molecule has 0 aliphatic rings. The fraction of sp³-hybridized carbons (Fsp3) is 0.778. The first kappa shape index (κ1) is 38.9. The highest BCUT2D eigenvalue weighted by molar-refractivity contribution is 5.81. The maximum atomic E-state index is 12.5. The topological polar surface area (TPSA) is 83.1 Å². The molecule has 43 heavy (non-hydrogen) atoms. The number of nitrogens with one attached hydrogen (secondary N) is 1. The molecule has 0 heterocycles. The Hall–Kier alpha value is -2.12. The fourth-order valence-electron chi connectivity index (χ4n) is 4.74. The summed E-state index contributed by atoms with van der Waals surface area (Å²) in [5, 5.41) is 2.51. The molecule has 7 nitrogen and oxygen atoms in total. The van der Waals surface area contributed by atoms with Crippen LogP contribution in [0, 0.1) is 0 Å². The number of unbranched alkanes of at least 4 members (excludes halogenated alkanes) is 15. The van der Waals surface area contributed by atoms with Crippen LogP contribution in [0.4, 0.5) is 4.79 Å². The van der Waals surface area contributed by atoms with Crippen molar-refractivity contribution in [2.75, 3.05) is 19.8 Å². The number of rotatable bonds is 26. The summed E-state index contributed by atoms with van der Waals surface area (Å²) in [7, 11) is 0. The van der Waals surface area contributed by atoms with Gasteiger partial charge < -0.3 is 24.3 Å². The number of esters is 1. The van der Waals surface area contributed by atoms with Crippen molar-refractivity contribution in [3.05, 3.63) is 35.9 Å². The van der Waals surface area contributed by atoms with Crippen LogP contribution in [0.3, 0.4) is 0 Å². The van der Waals surface area contributed by atoms with Crippen molar-refractivity contribution in [1.82, 2.24) is 5.32 Å². The van der Waals surface area contributed by atoms with Gasteiger partial charge in [0.25, 0.3) is 0 Å². The third-order valence-corrected chi connectivity index (χ3v) is 7.27. The first-order valence-corrected chi connectivity index (χ1v) is 17.1. The van der Waals surface area contributed by atoms with Crippen molar-refractivity contribution in [1.29, 1.82) is 0 Å². The van der Waals surface area contributed by atoms with Gasteiger partial charge in [-0.25, -0.2) is 9.59 Å². The normalized spacial score (nSPS) is 13.0. The molecule has 0 radical (unpaired) electrons. The van der Waals surface area contributed by atoms with Gasteiger partial charge in [0.05, 0.1) is 13.2 Å². The van der Waals surface area contributed by atoms with Crippen LogP contribution in [0.15, 0.2) is 30.3 Å². The maximum Gasteiger partial charge on any atom is 0.408 e. The summed E-state index contributed by atoms with van der Waals surface area (Å²) in [5.74, 6) is -0.544. The van der Waals surface area contributed by atoms with E-state index in [1.807, 2.05) is 30.3 Å². The average molecular weight is 606 g/mol. The Morgan fingerprint density at radius 1 is 0.744 bits per heavy atom. The molecule has 1 rings (SSSR count). The van der Waals surface area contributed by atoms with Crippen molar-refractivity contribution in [3.8, 4) is 0 Å².